The summed E-state index contributed by atoms with van der Waals surface area (Å²) in [5.74, 6) is 0. The van der Waals surface area contributed by atoms with E-state index in [2.05, 4.69) is 30.5 Å². The van der Waals surface area contributed by atoms with Gasteiger partial charge in [0.25, 0.3) is 0 Å². The van der Waals surface area contributed by atoms with E-state index in [1.165, 1.54) is 11.1 Å². The molecule has 0 fully saturated rings. The molecule has 1 atom stereocenters. The summed E-state index contributed by atoms with van der Waals surface area (Å²) in [6.45, 7) is 6.21. The van der Waals surface area contributed by atoms with Gasteiger partial charge in [0.05, 0.1) is 6.04 Å². The van der Waals surface area contributed by atoms with E-state index in [-0.39, 0.29) is 6.04 Å². The summed E-state index contributed by atoms with van der Waals surface area (Å²) >= 11 is 11.6. The van der Waals surface area contributed by atoms with Crippen molar-refractivity contribution < 1.29 is 0 Å². The van der Waals surface area contributed by atoms with Gasteiger partial charge in [0, 0.05) is 10.7 Å². The number of thiocarbonyl (C=S) groups is 1. The zero-order valence-corrected chi connectivity index (χ0v) is 14.0. The van der Waals surface area contributed by atoms with Crippen molar-refractivity contribution in [2.45, 2.75) is 26.8 Å². The van der Waals surface area contributed by atoms with Crippen molar-refractivity contribution in [2.24, 2.45) is 0 Å². The van der Waals surface area contributed by atoms with Gasteiger partial charge in [0.2, 0.25) is 0 Å². The van der Waals surface area contributed by atoms with Crippen LogP contribution in [0.25, 0.3) is 0 Å². The highest BCUT2D eigenvalue weighted by molar-refractivity contribution is 7.80. The first-order valence-corrected chi connectivity index (χ1v) is 7.66. The molecule has 2 aromatic carbocycles. The minimum absolute atomic E-state index is 0.0452. The zero-order chi connectivity index (χ0) is 15.4. The van der Waals surface area contributed by atoms with Crippen LogP contribution in [0.5, 0.6) is 0 Å². The van der Waals surface area contributed by atoms with Crippen LogP contribution in [0.3, 0.4) is 0 Å². The number of anilines is 1. The fraction of sp³-hybridized carbons (Fsp3) is 0.235. The molecule has 4 heteroatoms. The third-order valence-corrected chi connectivity index (χ3v) is 4.14. The molecule has 0 aliphatic heterocycles. The molecule has 0 unspecified atom stereocenters. The lowest BCUT2D eigenvalue weighted by atomic mass is 10.1. The van der Waals surface area contributed by atoms with Gasteiger partial charge in [-0.15, -0.1) is 0 Å². The maximum atomic E-state index is 6.21. The van der Waals surface area contributed by atoms with Crippen molar-refractivity contribution in [3.05, 3.63) is 64.2 Å². The molecule has 2 rings (SSSR count). The van der Waals surface area contributed by atoms with Crippen LogP contribution in [0.2, 0.25) is 5.02 Å². The summed E-state index contributed by atoms with van der Waals surface area (Å²) in [6, 6.07) is 14.0. The predicted octanol–water partition coefficient (Wildman–Crippen LogP) is 5.00. The monoisotopic (exact) mass is 318 g/mol. The largest absolute Gasteiger partial charge is 0.356 e. The van der Waals surface area contributed by atoms with Crippen molar-refractivity contribution >= 4 is 34.6 Å². The summed E-state index contributed by atoms with van der Waals surface area (Å²) in [5, 5.41) is 7.85. The molecule has 0 aliphatic carbocycles. The molecule has 0 saturated heterocycles. The molecule has 0 amide bonds. The maximum absolute atomic E-state index is 6.21. The number of nitrogens with one attached hydrogen (secondary N) is 2. The zero-order valence-electron chi connectivity index (χ0n) is 12.4. The molecule has 2 nitrogen and oxygen atoms in total. The summed E-state index contributed by atoms with van der Waals surface area (Å²) in [4.78, 5) is 0. The lowest BCUT2D eigenvalue weighted by Gasteiger charge is -2.19. The Morgan fingerprint density at radius 1 is 1.10 bits per heavy atom. The van der Waals surface area contributed by atoms with E-state index in [9.17, 15) is 0 Å². The van der Waals surface area contributed by atoms with Gasteiger partial charge < -0.3 is 10.6 Å². The lowest BCUT2D eigenvalue weighted by molar-refractivity contribution is 0.723. The number of rotatable bonds is 3. The average molecular weight is 319 g/mol. The van der Waals surface area contributed by atoms with Crippen molar-refractivity contribution in [1.29, 1.82) is 0 Å². The molecule has 0 aliphatic rings. The van der Waals surface area contributed by atoms with Crippen LogP contribution in [0.15, 0.2) is 42.5 Å². The summed E-state index contributed by atoms with van der Waals surface area (Å²) in [6.07, 6.45) is 0. The number of benzene rings is 2. The minimum atomic E-state index is 0.0452. The van der Waals surface area contributed by atoms with E-state index in [4.69, 9.17) is 23.8 Å². The Hall–Kier alpha value is -1.58. The molecule has 0 spiro atoms. The Balaban J connectivity index is 2.05. The molecule has 0 saturated carbocycles. The summed E-state index contributed by atoms with van der Waals surface area (Å²) in [5.41, 5.74) is 4.50. The molecule has 0 bridgehead atoms. The number of halogens is 1. The van der Waals surface area contributed by atoms with Crippen molar-refractivity contribution in [3.63, 3.8) is 0 Å². The highest BCUT2D eigenvalue weighted by atomic mass is 35.5. The van der Waals surface area contributed by atoms with E-state index < -0.39 is 0 Å². The van der Waals surface area contributed by atoms with Crippen molar-refractivity contribution in [1.82, 2.24) is 5.32 Å². The first-order chi connectivity index (χ1) is 9.99. The Morgan fingerprint density at radius 2 is 1.81 bits per heavy atom. The van der Waals surface area contributed by atoms with Gasteiger partial charge in [-0.05, 0) is 61.8 Å². The Labute approximate surface area is 136 Å². The van der Waals surface area contributed by atoms with Crippen LogP contribution in [0.4, 0.5) is 5.69 Å². The highest BCUT2D eigenvalue weighted by Crippen LogP contribution is 2.23. The SMILES string of the molecule is Cc1cccc(NC(=S)N[C@H](C)c2ccccc2Cl)c1C. The predicted molar refractivity (Wildman–Crippen MR) is 95.1 cm³/mol. The van der Waals surface area contributed by atoms with Gasteiger partial charge in [-0.25, -0.2) is 0 Å². The van der Waals surface area contributed by atoms with Gasteiger partial charge in [-0.1, -0.05) is 41.9 Å². The molecule has 21 heavy (non-hydrogen) atoms. The van der Waals surface area contributed by atoms with Crippen LogP contribution in [0, 0.1) is 13.8 Å². The third kappa shape index (κ3) is 3.96. The molecule has 2 aromatic rings. The normalized spacial score (nSPS) is 11.8. The molecule has 2 N–H and O–H groups in total. The Morgan fingerprint density at radius 3 is 2.52 bits per heavy atom. The van der Waals surface area contributed by atoms with Crippen LogP contribution < -0.4 is 10.6 Å². The molecule has 0 heterocycles. The smallest absolute Gasteiger partial charge is 0.171 e. The fourth-order valence-electron chi connectivity index (χ4n) is 2.15. The second-order valence-corrected chi connectivity index (χ2v) is 5.90. The first kappa shape index (κ1) is 15.8. The van der Waals surface area contributed by atoms with Crippen LogP contribution in [0.1, 0.15) is 29.7 Å². The lowest BCUT2D eigenvalue weighted by Crippen LogP contribution is -2.31. The maximum Gasteiger partial charge on any atom is 0.171 e. The van der Waals surface area contributed by atoms with Crippen LogP contribution in [-0.2, 0) is 0 Å². The van der Waals surface area contributed by atoms with Crippen LogP contribution >= 0.6 is 23.8 Å². The Kier molecular flexibility index (Phi) is 5.21. The topological polar surface area (TPSA) is 24.1 Å². The van der Waals surface area contributed by atoms with E-state index in [0.717, 1.165) is 16.3 Å². The van der Waals surface area contributed by atoms with E-state index >= 15 is 0 Å². The molecule has 0 aromatic heterocycles. The Bertz CT molecular complexity index is 655. The van der Waals surface area contributed by atoms with Gasteiger partial charge in [-0.3, -0.25) is 0 Å². The highest BCUT2D eigenvalue weighted by Gasteiger charge is 2.11. The van der Waals surface area contributed by atoms with E-state index in [0.29, 0.717) is 5.11 Å². The number of hydrogen-bond acceptors (Lipinski definition) is 1. The standard InChI is InChI=1S/C17H19ClN2S/c1-11-7-6-10-16(12(11)2)20-17(21)19-13(3)14-8-4-5-9-15(14)18/h4-10,13H,1-3H3,(H2,19,20,21)/t13-/m1/s1. The van der Waals surface area contributed by atoms with E-state index in [1.54, 1.807) is 0 Å². The molecular formula is C17H19ClN2S. The average Bonchev–Trinajstić information content (AvgIpc) is 2.44. The minimum Gasteiger partial charge on any atom is -0.356 e. The number of hydrogen-bond donors (Lipinski definition) is 2. The van der Waals surface area contributed by atoms with E-state index in [1.807, 2.05) is 43.3 Å². The van der Waals surface area contributed by atoms with Gasteiger partial charge >= 0.3 is 0 Å². The number of aryl methyl sites for hydroxylation is 1. The van der Waals surface area contributed by atoms with Gasteiger partial charge in [0.1, 0.15) is 0 Å². The second-order valence-electron chi connectivity index (χ2n) is 5.09. The summed E-state index contributed by atoms with van der Waals surface area (Å²) < 4.78 is 0. The quantitative estimate of drug-likeness (QED) is 0.778. The fourth-order valence-corrected chi connectivity index (χ4v) is 2.73. The van der Waals surface area contributed by atoms with Crippen molar-refractivity contribution in [2.75, 3.05) is 5.32 Å². The summed E-state index contributed by atoms with van der Waals surface area (Å²) in [7, 11) is 0. The second kappa shape index (κ2) is 6.92. The molecular weight excluding hydrogens is 300 g/mol. The van der Waals surface area contributed by atoms with Gasteiger partial charge in [0.15, 0.2) is 5.11 Å². The van der Waals surface area contributed by atoms with Gasteiger partial charge in [-0.2, -0.15) is 0 Å². The first-order valence-electron chi connectivity index (χ1n) is 6.87. The van der Waals surface area contributed by atoms with Crippen molar-refractivity contribution in [3.8, 4) is 0 Å². The molecule has 110 valence electrons. The molecule has 0 radical (unpaired) electrons. The van der Waals surface area contributed by atoms with Crippen LogP contribution in [-0.4, -0.2) is 5.11 Å². The third-order valence-electron chi connectivity index (χ3n) is 3.57.